The number of aryl methyl sites for hydroxylation is 2. The Bertz CT molecular complexity index is 1210. The Morgan fingerprint density at radius 1 is 1.15 bits per heavy atom. The van der Waals surface area contributed by atoms with Crippen LogP contribution in [0.4, 0.5) is 15.8 Å². The Balaban J connectivity index is 1.88. The van der Waals surface area contributed by atoms with Gasteiger partial charge in [0, 0.05) is 30.7 Å². The van der Waals surface area contributed by atoms with Gasteiger partial charge in [-0.3, -0.25) is 19.3 Å². The molecule has 3 aromatic heterocycles. The van der Waals surface area contributed by atoms with Crippen LogP contribution in [0.5, 0.6) is 0 Å². The summed E-state index contributed by atoms with van der Waals surface area (Å²) in [5, 5.41) is 9.18. The molecule has 0 radical (unpaired) electrons. The van der Waals surface area contributed by atoms with Crippen LogP contribution >= 0.6 is 11.6 Å². The molecule has 0 aliphatic carbocycles. The van der Waals surface area contributed by atoms with Crippen LogP contribution in [-0.2, 0) is 11.8 Å². The fourth-order valence-corrected chi connectivity index (χ4v) is 3.22. The van der Waals surface area contributed by atoms with E-state index in [9.17, 15) is 14.0 Å². The molecule has 0 aromatic carbocycles. The number of halogens is 2. The highest BCUT2D eigenvalue weighted by Gasteiger charge is 2.14. The number of alkyl halides is 1. The van der Waals surface area contributed by atoms with Gasteiger partial charge >= 0.3 is 0 Å². The van der Waals surface area contributed by atoms with Gasteiger partial charge in [0.1, 0.15) is 5.88 Å². The summed E-state index contributed by atoms with van der Waals surface area (Å²) >= 11 is 5.47. The average Bonchev–Trinajstić information content (AvgIpc) is 3.23. The predicted molar refractivity (Wildman–Crippen MR) is 126 cm³/mol. The minimum Gasteiger partial charge on any atom is -0.324 e. The van der Waals surface area contributed by atoms with Crippen molar-refractivity contribution in [3.63, 3.8) is 0 Å². The first-order chi connectivity index (χ1) is 15.8. The highest BCUT2D eigenvalue weighted by molar-refractivity contribution is 6.29. The van der Waals surface area contributed by atoms with Crippen LogP contribution in [0.2, 0.25) is 0 Å². The molecule has 0 atom stereocenters. The van der Waals surface area contributed by atoms with E-state index in [-0.39, 0.29) is 22.8 Å². The summed E-state index contributed by atoms with van der Waals surface area (Å²) in [5.74, 6) is -2.17. The number of hydrogen-bond donors (Lipinski definition) is 2. The Labute approximate surface area is 195 Å². The number of allylic oxidation sites excluding steroid dienone is 1. The molecule has 8 nitrogen and oxygen atoms in total. The molecular weight excluding hydrogens is 447 g/mol. The maximum atomic E-state index is 14.2. The molecule has 0 aliphatic heterocycles. The van der Waals surface area contributed by atoms with Gasteiger partial charge in [-0.25, -0.2) is 4.98 Å². The predicted octanol–water partition coefficient (Wildman–Crippen LogP) is 4.43. The minimum absolute atomic E-state index is 0.174. The summed E-state index contributed by atoms with van der Waals surface area (Å²) < 4.78 is 15.9. The van der Waals surface area contributed by atoms with Gasteiger partial charge in [-0.15, -0.1) is 11.6 Å². The molecule has 3 heterocycles. The standard InChI is InChI=1S/C23H24ClFN6O2/c1-4-5-15(18-11-28-31(3)13-18)6-16-7-17(10-26-14(16)2)23(33)30-20-8-19(12-27-22(20)25)29-21(32)9-24/h6-8,10-13H,4-5,9H2,1-3H3,(H,29,32)(H,30,33)/b15-6+. The summed E-state index contributed by atoms with van der Waals surface area (Å²) in [6.45, 7) is 3.94. The Hall–Kier alpha value is -3.59. The van der Waals surface area contributed by atoms with Crippen molar-refractivity contribution in [3.05, 3.63) is 65.3 Å². The quantitative estimate of drug-likeness (QED) is 0.374. The van der Waals surface area contributed by atoms with Crippen molar-refractivity contribution in [1.29, 1.82) is 0 Å². The van der Waals surface area contributed by atoms with E-state index in [4.69, 9.17) is 11.6 Å². The largest absolute Gasteiger partial charge is 0.324 e. The zero-order chi connectivity index (χ0) is 24.0. The fraction of sp³-hybridized carbons (Fsp3) is 0.261. The van der Waals surface area contributed by atoms with Gasteiger partial charge in [0.05, 0.1) is 29.3 Å². The third-order valence-corrected chi connectivity index (χ3v) is 5.05. The molecular formula is C23H24ClFN6O2. The zero-order valence-corrected chi connectivity index (χ0v) is 19.3. The lowest BCUT2D eigenvalue weighted by molar-refractivity contribution is -0.113. The SMILES string of the molecule is CCC/C(=C\c1cc(C(=O)Nc2cc(NC(=O)CCl)cnc2F)cnc1C)c1cnn(C)c1. The number of aromatic nitrogens is 4. The van der Waals surface area contributed by atoms with Crippen LogP contribution in [0.15, 0.2) is 36.9 Å². The third kappa shape index (κ3) is 6.23. The molecule has 2 N–H and O–H groups in total. The number of anilines is 2. The molecule has 172 valence electrons. The summed E-state index contributed by atoms with van der Waals surface area (Å²) in [4.78, 5) is 32.2. The van der Waals surface area contributed by atoms with E-state index >= 15 is 0 Å². The van der Waals surface area contributed by atoms with Crippen molar-refractivity contribution in [2.24, 2.45) is 7.05 Å². The van der Waals surface area contributed by atoms with Crippen molar-refractivity contribution in [2.75, 3.05) is 16.5 Å². The fourth-order valence-electron chi connectivity index (χ4n) is 3.16. The number of nitrogens with one attached hydrogen (secondary N) is 2. The Morgan fingerprint density at radius 2 is 1.94 bits per heavy atom. The second kappa shape index (κ2) is 10.8. The topological polar surface area (TPSA) is 102 Å². The molecule has 0 unspecified atom stereocenters. The number of amides is 2. The van der Waals surface area contributed by atoms with Gasteiger partial charge in [0.25, 0.3) is 5.91 Å². The van der Waals surface area contributed by atoms with Crippen molar-refractivity contribution >= 4 is 46.4 Å². The molecule has 0 saturated heterocycles. The van der Waals surface area contributed by atoms with E-state index in [0.29, 0.717) is 0 Å². The van der Waals surface area contributed by atoms with E-state index in [2.05, 4.69) is 32.6 Å². The summed E-state index contributed by atoms with van der Waals surface area (Å²) in [6, 6.07) is 2.98. The van der Waals surface area contributed by atoms with Crippen LogP contribution in [0.1, 0.15) is 46.9 Å². The van der Waals surface area contributed by atoms with E-state index in [1.807, 2.05) is 26.2 Å². The van der Waals surface area contributed by atoms with E-state index in [1.165, 1.54) is 12.3 Å². The zero-order valence-electron chi connectivity index (χ0n) is 18.5. The molecule has 0 aliphatic rings. The first-order valence-corrected chi connectivity index (χ1v) is 10.8. The monoisotopic (exact) mass is 470 g/mol. The lowest BCUT2D eigenvalue weighted by atomic mass is 10.00. The first-order valence-electron chi connectivity index (χ1n) is 10.3. The summed E-state index contributed by atoms with van der Waals surface area (Å²) in [6.07, 6.45) is 10.1. The second-order valence-electron chi connectivity index (χ2n) is 7.42. The molecule has 0 bridgehead atoms. The van der Waals surface area contributed by atoms with Crippen molar-refractivity contribution in [1.82, 2.24) is 19.7 Å². The average molecular weight is 471 g/mol. The first kappa shape index (κ1) is 24.1. The number of rotatable bonds is 8. The molecule has 0 saturated carbocycles. The Kier molecular flexibility index (Phi) is 7.89. The molecule has 2 amide bonds. The number of nitrogens with zero attached hydrogens (tertiary/aromatic N) is 4. The smallest absolute Gasteiger partial charge is 0.257 e. The lowest BCUT2D eigenvalue weighted by Gasteiger charge is -2.10. The minimum atomic E-state index is -0.880. The number of carbonyl (C=O) groups excluding carboxylic acids is 2. The molecule has 0 fully saturated rings. The van der Waals surface area contributed by atoms with Crippen LogP contribution < -0.4 is 10.6 Å². The molecule has 33 heavy (non-hydrogen) atoms. The van der Waals surface area contributed by atoms with Crippen LogP contribution in [0.25, 0.3) is 11.6 Å². The van der Waals surface area contributed by atoms with Gasteiger partial charge in [-0.2, -0.15) is 9.49 Å². The van der Waals surface area contributed by atoms with E-state index in [0.717, 1.165) is 41.4 Å². The van der Waals surface area contributed by atoms with Crippen LogP contribution in [-0.4, -0.2) is 37.4 Å². The maximum Gasteiger partial charge on any atom is 0.257 e. The van der Waals surface area contributed by atoms with Gasteiger partial charge < -0.3 is 10.6 Å². The second-order valence-corrected chi connectivity index (χ2v) is 7.69. The normalized spacial score (nSPS) is 11.4. The summed E-state index contributed by atoms with van der Waals surface area (Å²) in [7, 11) is 1.86. The maximum absolute atomic E-state index is 14.2. The van der Waals surface area contributed by atoms with E-state index < -0.39 is 17.8 Å². The van der Waals surface area contributed by atoms with Gasteiger partial charge in [-0.1, -0.05) is 13.3 Å². The highest BCUT2D eigenvalue weighted by atomic mass is 35.5. The lowest BCUT2D eigenvalue weighted by Crippen LogP contribution is -2.16. The highest BCUT2D eigenvalue weighted by Crippen LogP contribution is 2.25. The molecule has 3 aromatic rings. The van der Waals surface area contributed by atoms with Crippen molar-refractivity contribution < 1.29 is 14.0 Å². The molecule has 3 rings (SSSR count). The Morgan fingerprint density at radius 3 is 2.61 bits per heavy atom. The van der Waals surface area contributed by atoms with Crippen LogP contribution in [0, 0.1) is 12.9 Å². The number of carbonyl (C=O) groups is 2. The van der Waals surface area contributed by atoms with Crippen molar-refractivity contribution in [2.45, 2.75) is 26.7 Å². The molecule has 0 spiro atoms. The summed E-state index contributed by atoms with van der Waals surface area (Å²) in [5.41, 5.74) is 3.89. The number of hydrogen-bond acceptors (Lipinski definition) is 5. The molecule has 10 heteroatoms. The third-order valence-electron chi connectivity index (χ3n) is 4.81. The van der Waals surface area contributed by atoms with Gasteiger partial charge in [-0.05, 0) is 42.7 Å². The van der Waals surface area contributed by atoms with E-state index in [1.54, 1.807) is 16.9 Å². The van der Waals surface area contributed by atoms with Gasteiger partial charge in [0.2, 0.25) is 11.9 Å². The number of pyridine rings is 2. The van der Waals surface area contributed by atoms with Crippen molar-refractivity contribution in [3.8, 4) is 0 Å². The van der Waals surface area contributed by atoms with Gasteiger partial charge in [0.15, 0.2) is 0 Å². The van der Waals surface area contributed by atoms with Crippen LogP contribution in [0.3, 0.4) is 0 Å².